The quantitative estimate of drug-likeness (QED) is 0.427. The number of aromatic nitrogens is 4. The van der Waals surface area contributed by atoms with E-state index in [1.165, 1.54) is 26.2 Å². The Bertz CT molecular complexity index is 1800. The van der Waals surface area contributed by atoms with Gasteiger partial charge in [0, 0.05) is 44.2 Å². The van der Waals surface area contributed by atoms with Crippen molar-refractivity contribution in [2.24, 2.45) is 25.9 Å². The van der Waals surface area contributed by atoms with Crippen LogP contribution < -0.4 is 16.6 Å². The lowest BCUT2D eigenvalue weighted by atomic mass is 10.0. The van der Waals surface area contributed by atoms with E-state index in [1.807, 2.05) is 0 Å². The van der Waals surface area contributed by atoms with Gasteiger partial charge in [-0.25, -0.2) is 17.6 Å². The van der Waals surface area contributed by atoms with Crippen LogP contribution in [0.1, 0.15) is 36.8 Å². The van der Waals surface area contributed by atoms with E-state index < -0.39 is 26.9 Å². The molecule has 204 valence electrons. The Morgan fingerprint density at radius 3 is 2.38 bits per heavy atom. The van der Waals surface area contributed by atoms with Crippen molar-refractivity contribution in [1.82, 2.24) is 18.7 Å². The number of hydrogen-bond acceptors (Lipinski definition) is 7. The Balaban J connectivity index is 1.54. The Labute approximate surface area is 222 Å². The molecule has 11 nitrogen and oxygen atoms in total. The maximum absolute atomic E-state index is 15.2. The van der Waals surface area contributed by atoms with Gasteiger partial charge in [0.15, 0.2) is 11.2 Å². The minimum Gasteiger partial charge on any atom is -0.323 e. The zero-order valence-corrected chi connectivity index (χ0v) is 22.4. The number of anilines is 1. The van der Waals surface area contributed by atoms with Crippen molar-refractivity contribution >= 4 is 38.4 Å². The largest absolute Gasteiger partial charge is 0.333 e. The van der Waals surface area contributed by atoms with Crippen LogP contribution >= 0.6 is 0 Å². The molecule has 39 heavy (non-hydrogen) atoms. The topological polar surface area (TPSA) is 142 Å². The molecule has 2 aliphatic carbocycles. The van der Waals surface area contributed by atoms with Crippen molar-refractivity contribution in [3.05, 3.63) is 49.9 Å². The summed E-state index contributed by atoms with van der Waals surface area (Å²) in [7, 11) is -1.17. The first-order valence-electron chi connectivity index (χ1n) is 12.4. The molecular weight excluding hydrogens is 529 g/mol. The van der Waals surface area contributed by atoms with Gasteiger partial charge < -0.3 is 9.88 Å². The highest BCUT2D eigenvalue weighted by Crippen LogP contribution is 2.33. The number of hydrogen-bond donors (Lipinski definition) is 1. The lowest BCUT2D eigenvalue weighted by Gasteiger charge is -2.11. The van der Waals surface area contributed by atoms with E-state index in [9.17, 15) is 27.6 Å². The van der Waals surface area contributed by atoms with Gasteiger partial charge in [0.25, 0.3) is 5.56 Å². The molecule has 5 rings (SSSR count). The summed E-state index contributed by atoms with van der Waals surface area (Å²) in [5.41, 5.74) is -1.29. The molecule has 3 aromatic rings. The van der Waals surface area contributed by atoms with Gasteiger partial charge in [0.05, 0.1) is 12.2 Å². The molecule has 0 radical (unpaired) electrons. The first kappa shape index (κ1) is 26.6. The minimum atomic E-state index is -3.80. The number of sulfone groups is 1. The third-order valence-electron chi connectivity index (χ3n) is 6.87. The number of carbonyl (C=O) groups is 2. The Morgan fingerprint density at radius 1 is 1.10 bits per heavy atom. The van der Waals surface area contributed by atoms with E-state index in [4.69, 9.17) is 0 Å². The lowest BCUT2D eigenvalue weighted by Crippen LogP contribution is -2.38. The molecule has 1 aromatic carbocycles. The molecule has 0 atom stereocenters. The van der Waals surface area contributed by atoms with Crippen LogP contribution in [0.25, 0.3) is 11.2 Å². The summed E-state index contributed by atoms with van der Waals surface area (Å²) in [6.07, 6.45) is 3.85. The second-order valence-electron chi connectivity index (χ2n) is 10.1. The molecule has 1 amide bonds. The third-order valence-corrected chi connectivity index (χ3v) is 7.90. The summed E-state index contributed by atoms with van der Waals surface area (Å²) in [6, 6.07) is 2.81. The monoisotopic (exact) mass is 555 g/mol. The number of halogens is 1. The first-order chi connectivity index (χ1) is 18.4. The number of aryl methyl sites for hydroxylation is 1. The zero-order chi connectivity index (χ0) is 28.2. The van der Waals surface area contributed by atoms with Crippen LogP contribution in [-0.2, 0) is 46.5 Å². The Morgan fingerprint density at radius 2 is 1.77 bits per heavy atom. The number of carbonyl (C=O) groups excluding carboxylic acids is 2. The predicted molar refractivity (Wildman–Crippen MR) is 139 cm³/mol. The van der Waals surface area contributed by atoms with E-state index in [0.29, 0.717) is 5.56 Å². The van der Waals surface area contributed by atoms with Gasteiger partial charge in [0.2, 0.25) is 20.9 Å². The number of ketones is 1. The van der Waals surface area contributed by atoms with Crippen LogP contribution in [-0.4, -0.2) is 45.0 Å². The lowest BCUT2D eigenvalue weighted by molar-refractivity contribution is -0.119. The third kappa shape index (κ3) is 5.16. The highest BCUT2D eigenvalue weighted by molar-refractivity contribution is 7.90. The van der Waals surface area contributed by atoms with Crippen molar-refractivity contribution in [2.45, 2.75) is 43.8 Å². The number of nitrogens with one attached hydrogen (secondary N) is 1. The van der Waals surface area contributed by atoms with Crippen LogP contribution in [0.5, 0.6) is 0 Å². The smallest absolute Gasteiger partial charge is 0.323 e. The van der Waals surface area contributed by atoms with Gasteiger partial charge in [0.1, 0.15) is 11.6 Å². The normalized spacial score (nSPS) is 15.2. The number of benzene rings is 1. The molecule has 0 unspecified atom stereocenters. The van der Waals surface area contributed by atoms with E-state index >= 15 is 4.39 Å². The summed E-state index contributed by atoms with van der Waals surface area (Å²) in [5, 5.41) is 2.22. The van der Waals surface area contributed by atoms with Crippen molar-refractivity contribution < 1.29 is 22.4 Å². The second kappa shape index (κ2) is 9.60. The van der Waals surface area contributed by atoms with E-state index in [0.717, 1.165) is 45.6 Å². The molecule has 0 spiro atoms. The molecule has 2 saturated carbocycles. The molecule has 0 saturated heterocycles. The van der Waals surface area contributed by atoms with Crippen molar-refractivity contribution in [1.29, 1.82) is 0 Å². The van der Waals surface area contributed by atoms with Crippen LogP contribution in [0.3, 0.4) is 0 Å². The van der Waals surface area contributed by atoms with E-state index in [1.54, 1.807) is 0 Å². The van der Waals surface area contributed by atoms with Crippen LogP contribution in [0.15, 0.2) is 26.9 Å². The molecule has 0 bridgehead atoms. The fourth-order valence-electron chi connectivity index (χ4n) is 4.40. The average Bonchev–Trinajstić information content (AvgIpc) is 3.78. The summed E-state index contributed by atoms with van der Waals surface area (Å²) < 4.78 is 42.6. The van der Waals surface area contributed by atoms with Crippen molar-refractivity contribution in [3.63, 3.8) is 0 Å². The van der Waals surface area contributed by atoms with Gasteiger partial charge in [-0.15, -0.1) is 0 Å². The fourth-order valence-corrected chi connectivity index (χ4v) is 5.24. The SMILES string of the molecule is Cn1c(=O)c2c(nc(S(C)(=O)=O)n2C)n(CC#Cc2cc(CC(=O)C3CC3)c(F)c(NC(=O)C3CC3)c2)c1=O. The number of rotatable bonds is 7. The Kier molecular flexibility index (Phi) is 6.54. The van der Waals surface area contributed by atoms with Crippen LogP contribution in [0, 0.1) is 29.5 Å². The molecule has 2 fully saturated rings. The molecule has 2 heterocycles. The molecule has 2 aliphatic rings. The van der Waals surface area contributed by atoms with Crippen molar-refractivity contribution in [3.8, 4) is 11.8 Å². The van der Waals surface area contributed by atoms with Gasteiger partial charge in [-0.2, -0.15) is 4.98 Å². The molecule has 2 aromatic heterocycles. The summed E-state index contributed by atoms with van der Waals surface area (Å²) in [5.74, 6) is 4.35. The highest BCUT2D eigenvalue weighted by atomic mass is 32.2. The number of imidazole rings is 1. The summed E-state index contributed by atoms with van der Waals surface area (Å²) >= 11 is 0. The number of amides is 1. The minimum absolute atomic E-state index is 0.0681. The predicted octanol–water partition coefficient (Wildman–Crippen LogP) is 0.898. The maximum Gasteiger partial charge on any atom is 0.333 e. The Hall–Kier alpha value is -4.05. The van der Waals surface area contributed by atoms with Crippen LogP contribution in [0.4, 0.5) is 10.1 Å². The molecule has 13 heteroatoms. The first-order valence-corrected chi connectivity index (χ1v) is 14.3. The van der Waals surface area contributed by atoms with Gasteiger partial charge in [-0.1, -0.05) is 11.8 Å². The maximum atomic E-state index is 15.2. The van der Waals surface area contributed by atoms with Gasteiger partial charge >= 0.3 is 5.69 Å². The summed E-state index contributed by atoms with van der Waals surface area (Å²) in [4.78, 5) is 54.3. The average molecular weight is 556 g/mol. The molecular formula is C26H26FN5O6S. The van der Waals surface area contributed by atoms with Crippen LogP contribution in [0.2, 0.25) is 0 Å². The highest BCUT2D eigenvalue weighted by Gasteiger charge is 2.32. The van der Waals surface area contributed by atoms with Gasteiger partial charge in [-0.05, 0) is 43.4 Å². The number of nitrogens with zero attached hydrogens (tertiary/aromatic N) is 4. The zero-order valence-electron chi connectivity index (χ0n) is 21.6. The fraction of sp³-hybridized carbons (Fsp3) is 0.423. The van der Waals surface area contributed by atoms with Gasteiger partial charge in [-0.3, -0.25) is 23.5 Å². The van der Waals surface area contributed by atoms with E-state index in [-0.39, 0.29) is 64.1 Å². The van der Waals surface area contributed by atoms with E-state index in [2.05, 4.69) is 22.1 Å². The molecule has 1 N–H and O–H groups in total. The summed E-state index contributed by atoms with van der Waals surface area (Å²) in [6.45, 7) is -0.263. The standard InChI is InChI=1S/C26H26FN5O6S/c1-30-21-22(29-25(30)39(3,37)38)32(26(36)31(2)24(21)35)10-4-5-14-11-17(13-19(33)15-6-7-15)20(27)18(12-14)28-23(34)16-8-9-16/h11-12,15-16H,6-10,13H2,1-3H3,(H,28,34). The molecule has 0 aliphatic heterocycles. The number of Topliss-reactive ketones (excluding diaryl/α,β-unsaturated/α-hetero) is 1. The second-order valence-corrected chi connectivity index (χ2v) is 12.0. The van der Waals surface area contributed by atoms with Crippen molar-refractivity contribution in [2.75, 3.05) is 11.6 Å². The number of fused-ring (bicyclic) bond motifs is 1.